The van der Waals surface area contributed by atoms with Gasteiger partial charge in [0.15, 0.2) is 0 Å². The lowest BCUT2D eigenvalue weighted by Crippen LogP contribution is -2.43. The third-order valence-electron chi connectivity index (χ3n) is 4.82. The molecular weight excluding hydrogens is 288 g/mol. The summed E-state index contributed by atoms with van der Waals surface area (Å²) in [5.74, 6) is 1.75. The van der Waals surface area contributed by atoms with Gasteiger partial charge in [-0.25, -0.2) is 0 Å². The number of rotatable bonds is 6. The molecule has 3 rings (SSSR count). The molecule has 0 bridgehead atoms. The summed E-state index contributed by atoms with van der Waals surface area (Å²) in [7, 11) is 1.69. The highest BCUT2D eigenvalue weighted by Gasteiger charge is 2.29. The van der Waals surface area contributed by atoms with Gasteiger partial charge >= 0.3 is 0 Å². The molecule has 1 atom stereocenters. The molecule has 23 heavy (non-hydrogen) atoms. The average molecular weight is 314 g/mol. The predicted molar refractivity (Wildman–Crippen MR) is 92.4 cm³/mol. The fraction of sp³-hybridized carbons (Fsp3) is 0.526. The van der Waals surface area contributed by atoms with Gasteiger partial charge in [0.25, 0.3) is 0 Å². The number of benzene rings is 1. The second-order valence-electron chi connectivity index (χ2n) is 6.64. The van der Waals surface area contributed by atoms with Gasteiger partial charge in [0.1, 0.15) is 5.75 Å². The third-order valence-corrected chi connectivity index (χ3v) is 4.82. The molecule has 124 valence electrons. The van der Waals surface area contributed by atoms with Crippen molar-refractivity contribution in [2.75, 3.05) is 26.7 Å². The maximum atomic E-state index is 12.1. The van der Waals surface area contributed by atoms with E-state index in [-0.39, 0.29) is 5.91 Å². The lowest BCUT2D eigenvalue weighted by atomic mass is 9.99. The fourth-order valence-electron chi connectivity index (χ4n) is 3.16. The Hall–Kier alpha value is -1.81. The summed E-state index contributed by atoms with van der Waals surface area (Å²) in [4.78, 5) is 14.3. The van der Waals surface area contributed by atoms with Crippen LogP contribution in [0.25, 0.3) is 5.57 Å². The van der Waals surface area contributed by atoms with Crippen LogP contribution in [-0.2, 0) is 4.79 Å². The molecule has 4 nitrogen and oxygen atoms in total. The summed E-state index contributed by atoms with van der Waals surface area (Å²) < 4.78 is 5.29. The Kier molecular flexibility index (Phi) is 5.01. The van der Waals surface area contributed by atoms with Crippen LogP contribution in [0.3, 0.4) is 0 Å². The minimum atomic E-state index is 0.155. The standard InChI is InChI=1S/C19H26N2O2/c1-14(15-6-7-15)20-19(22)13-21-10-8-16(9-11-21)17-4-3-5-18(12-17)23-2/h3-5,8,12,14-15H,6-7,9-11,13H2,1-2H3,(H,20,22)/t14-/m1/s1. The van der Waals surface area contributed by atoms with Crippen LogP contribution in [0.5, 0.6) is 5.75 Å². The molecule has 1 aromatic rings. The minimum Gasteiger partial charge on any atom is -0.497 e. The van der Waals surface area contributed by atoms with Gasteiger partial charge in [0.2, 0.25) is 5.91 Å². The number of methoxy groups -OCH3 is 1. The van der Waals surface area contributed by atoms with Gasteiger partial charge in [-0.1, -0.05) is 18.2 Å². The number of nitrogens with zero attached hydrogens (tertiary/aromatic N) is 1. The molecule has 0 aromatic heterocycles. The Balaban J connectivity index is 1.52. The molecule has 1 fully saturated rings. The van der Waals surface area contributed by atoms with Gasteiger partial charge in [-0.2, -0.15) is 0 Å². The highest BCUT2D eigenvalue weighted by Crippen LogP contribution is 2.32. The largest absolute Gasteiger partial charge is 0.497 e. The molecule has 0 unspecified atom stereocenters. The van der Waals surface area contributed by atoms with Gasteiger partial charge in [-0.3, -0.25) is 9.69 Å². The van der Waals surface area contributed by atoms with Crippen molar-refractivity contribution in [2.24, 2.45) is 5.92 Å². The molecule has 0 spiro atoms. The minimum absolute atomic E-state index is 0.155. The van der Waals surface area contributed by atoms with E-state index in [0.717, 1.165) is 25.3 Å². The van der Waals surface area contributed by atoms with E-state index in [2.05, 4.69) is 35.3 Å². The third kappa shape index (κ3) is 4.35. The summed E-state index contributed by atoms with van der Waals surface area (Å²) in [5.41, 5.74) is 2.56. The summed E-state index contributed by atoms with van der Waals surface area (Å²) in [5, 5.41) is 3.13. The molecule has 0 radical (unpaired) electrons. The van der Waals surface area contributed by atoms with Crippen LogP contribution in [0.1, 0.15) is 31.7 Å². The predicted octanol–water partition coefficient (Wildman–Crippen LogP) is 2.70. The highest BCUT2D eigenvalue weighted by molar-refractivity contribution is 5.78. The van der Waals surface area contributed by atoms with Crippen molar-refractivity contribution in [3.05, 3.63) is 35.9 Å². The Morgan fingerprint density at radius 2 is 2.26 bits per heavy atom. The van der Waals surface area contributed by atoms with Crippen LogP contribution in [0.15, 0.2) is 30.3 Å². The normalized spacial score (nSPS) is 19.8. The van der Waals surface area contributed by atoms with E-state index < -0.39 is 0 Å². The van der Waals surface area contributed by atoms with E-state index in [0.29, 0.717) is 18.5 Å². The van der Waals surface area contributed by atoms with Crippen molar-refractivity contribution in [1.29, 1.82) is 0 Å². The zero-order valence-electron chi connectivity index (χ0n) is 14.0. The highest BCUT2D eigenvalue weighted by atomic mass is 16.5. The quantitative estimate of drug-likeness (QED) is 0.878. The van der Waals surface area contributed by atoms with E-state index in [9.17, 15) is 4.79 Å². The van der Waals surface area contributed by atoms with Crippen molar-refractivity contribution in [1.82, 2.24) is 10.2 Å². The zero-order valence-corrected chi connectivity index (χ0v) is 14.0. The van der Waals surface area contributed by atoms with Crippen LogP contribution in [-0.4, -0.2) is 43.6 Å². The number of hydrogen-bond acceptors (Lipinski definition) is 3. The van der Waals surface area contributed by atoms with Crippen LogP contribution in [0, 0.1) is 5.92 Å². The molecule has 1 aliphatic carbocycles. The van der Waals surface area contributed by atoms with E-state index in [4.69, 9.17) is 4.74 Å². The molecule has 1 aromatic carbocycles. The lowest BCUT2D eigenvalue weighted by Gasteiger charge is -2.26. The Bertz CT molecular complexity index is 593. The number of carbonyl (C=O) groups is 1. The number of amides is 1. The Morgan fingerprint density at radius 1 is 1.43 bits per heavy atom. The first-order valence-corrected chi connectivity index (χ1v) is 8.51. The molecule has 1 heterocycles. The number of carbonyl (C=O) groups excluding carboxylic acids is 1. The van der Waals surface area contributed by atoms with Crippen LogP contribution >= 0.6 is 0 Å². The van der Waals surface area contributed by atoms with Gasteiger partial charge in [0, 0.05) is 19.1 Å². The lowest BCUT2D eigenvalue weighted by molar-refractivity contribution is -0.122. The zero-order chi connectivity index (χ0) is 16.2. The average Bonchev–Trinajstić information content (AvgIpc) is 3.40. The van der Waals surface area contributed by atoms with Crippen LogP contribution < -0.4 is 10.1 Å². The molecule has 2 aliphatic rings. The molecule has 1 saturated carbocycles. The van der Waals surface area contributed by atoms with Crippen LogP contribution in [0.4, 0.5) is 0 Å². The van der Waals surface area contributed by atoms with E-state index in [1.807, 2.05) is 12.1 Å². The van der Waals surface area contributed by atoms with Crippen molar-refractivity contribution >= 4 is 11.5 Å². The maximum absolute atomic E-state index is 12.1. The SMILES string of the molecule is COc1cccc(C2=CCN(CC(=O)N[C@H](C)C3CC3)CC2)c1. The molecule has 4 heteroatoms. The first-order chi connectivity index (χ1) is 11.2. The van der Waals surface area contributed by atoms with Gasteiger partial charge < -0.3 is 10.1 Å². The first-order valence-electron chi connectivity index (χ1n) is 8.51. The summed E-state index contributed by atoms with van der Waals surface area (Å²) in [6.45, 7) is 4.37. The van der Waals surface area contributed by atoms with E-state index >= 15 is 0 Å². The Labute approximate surface area is 138 Å². The summed E-state index contributed by atoms with van der Waals surface area (Å²) in [6, 6.07) is 8.51. The molecule has 1 aliphatic heterocycles. The second kappa shape index (κ2) is 7.18. The number of ether oxygens (including phenoxy) is 1. The van der Waals surface area contributed by atoms with Crippen LogP contribution in [0.2, 0.25) is 0 Å². The molecule has 1 N–H and O–H groups in total. The molecule has 1 amide bonds. The monoisotopic (exact) mass is 314 g/mol. The van der Waals surface area contributed by atoms with E-state index in [1.54, 1.807) is 7.11 Å². The van der Waals surface area contributed by atoms with Crippen molar-refractivity contribution in [3.8, 4) is 5.75 Å². The topological polar surface area (TPSA) is 41.6 Å². The maximum Gasteiger partial charge on any atom is 0.234 e. The van der Waals surface area contributed by atoms with E-state index in [1.165, 1.54) is 24.0 Å². The van der Waals surface area contributed by atoms with Gasteiger partial charge in [-0.05, 0) is 55.4 Å². The molecule has 0 saturated heterocycles. The van der Waals surface area contributed by atoms with Crippen molar-refractivity contribution < 1.29 is 9.53 Å². The van der Waals surface area contributed by atoms with Crippen molar-refractivity contribution in [3.63, 3.8) is 0 Å². The first kappa shape index (κ1) is 16.1. The van der Waals surface area contributed by atoms with Crippen molar-refractivity contribution in [2.45, 2.75) is 32.2 Å². The summed E-state index contributed by atoms with van der Waals surface area (Å²) >= 11 is 0. The fourth-order valence-corrected chi connectivity index (χ4v) is 3.16. The van der Waals surface area contributed by atoms with Gasteiger partial charge in [0.05, 0.1) is 13.7 Å². The second-order valence-corrected chi connectivity index (χ2v) is 6.64. The number of nitrogens with one attached hydrogen (secondary N) is 1. The van der Waals surface area contributed by atoms with Gasteiger partial charge in [-0.15, -0.1) is 0 Å². The Morgan fingerprint density at radius 3 is 2.91 bits per heavy atom. The molecular formula is C19H26N2O2. The number of hydrogen-bond donors (Lipinski definition) is 1. The smallest absolute Gasteiger partial charge is 0.234 e. The summed E-state index contributed by atoms with van der Waals surface area (Å²) in [6.07, 6.45) is 5.73.